The maximum absolute atomic E-state index is 5.84. The van der Waals surface area contributed by atoms with Crippen molar-refractivity contribution in [3.63, 3.8) is 0 Å². The first-order valence-corrected chi connectivity index (χ1v) is 5.60. The van der Waals surface area contributed by atoms with E-state index in [1.807, 2.05) is 0 Å². The lowest BCUT2D eigenvalue weighted by Gasteiger charge is -2.35. The summed E-state index contributed by atoms with van der Waals surface area (Å²) in [5.74, 6) is 0.601. The van der Waals surface area contributed by atoms with Crippen LogP contribution >= 0.6 is 11.6 Å². The third-order valence-electron chi connectivity index (χ3n) is 2.85. The molecular weight excluding hydrogens is 228 g/mol. The number of halogens is 1. The number of aromatic nitrogens is 2. The minimum Gasteiger partial charge on any atom is -0.393 e. The molecule has 0 radical (unpaired) electrons. The van der Waals surface area contributed by atoms with Gasteiger partial charge in [0.1, 0.15) is 12.0 Å². The van der Waals surface area contributed by atoms with Gasteiger partial charge in [0.05, 0.1) is 0 Å². The van der Waals surface area contributed by atoms with Gasteiger partial charge >= 0.3 is 0 Å². The van der Waals surface area contributed by atoms with Gasteiger partial charge in [-0.3, -0.25) is 0 Å². The first kappa shape index (κ1) is 11.4. The molecule has 0 amide bonds. The van der Waals surface area contributed by atoms with Crippen LogP contribution < -0.4 is 11.1 Å². The minimum absolute atomic E-state index is 0.0376. The van der Waals surface area contributed by atoms with Gasteiger partial charge < -0.3 is 15.8 Å². The fourth-order valence-electron chi connectivity index (χ4n) is 1.71. The van der Waals surface area contributed by atoms with Gasteiger partial charge in [-0.05, 0) is 19.8 Å². The molecule has 0 atom stereocenters. The number of nitrogens with one attached hydrogen (secondary N) is 1. The summed E-state index contributed by atoms with van der Waals surface area (Å²) < 4.78 is 5.33. The minimum atomic E-state index is -0.0376. The van der Waals surface area contributed by atoms with E-state index in [1.165, 1.54) is 6.33 Å². The van der Waals surface area contributed by atoms with Crippen molar-refractivity contribution in [1.29, 1.82) is 0 Å². The average Bonchev–Trinajstić information content (AvgIpc) is 2.26. The number of nitrogens with zero attached hydrogens (tertiary/aromatic N) is 2. The van der Waals surface area contributed by atoms with Crippen molar-refractivity contribution in [1.82, 2.24) is 9.97 Å². The van der Waals surface area contributed by atoms with Crippen molar-refractivity contribution < 1.29 is 4.74 Å². The molecule has 2 rings (SSSR count). The summed E-state index contributed by atoms with van der Waals surface area (Å²) in [6.45, 7) is 3.63. The van der Waals surface area contributed by atoms with E-state index in [2.05, 4.69) is 22.2 Å². The normalized spacial score (nSPS) is 19.4. The van der Waals surface area contributed by atoms with Gasteiger partial charge in [-0.2, -0.15) is 0 Å². The highest BCUT2D eigenvalue weighted by atomic mass is 35.5. The van der Waals surface area contributed by atoms with Crippen LogP contribution in [0.5, 0.6) is 0 Å². The second-order valence-electron chi connectivity index (χ2n) is 4.22. The van der Waals surface area contributed by atoms with Gasteiger partial charge in [0, 0.05) is 18.8 Å². The highest BCUT2D eigenvalue weighted by molar-refractivity contribution is 6.32. The predicted molar refractivity (Wildman–Crippen MR) is 63.5 cm³/mol. The molecule has 0 aliphatic carbocycles. The fourth-order valence-corrected chi connectivity index (χ4v) is 1.84. The molecule has 88 valence electrons. The highest BCUT2D eigenvalue weighted by Gasteiger charge is 2.28. The summed E-state index contributed by atoms with van der Waals surface area (Å²) in [7, 11) is 0. The Kier molecular flexibility index (Phi) is 3.16. The van der Waals surface area contributed by atoms with E-state index in [0.717, 1.165) is 26.1 Å². The molecule has 2 heterocycles. The monoisotopic (exact) mass is 242 g/mol. The maximum atomic E-state index is 5.84. The second-order valence-corrected chi connectivity index (χ2v) is 4.58. The molecule has 1 fully saturated rings. The Morgan fingerprint density at radius 2 is 2.12 bits per heavy atom. The van der Waals surface area contributed by atoms with E-state index in [1.54, 1.807) is 0 Å². The maximum Gasteiger partial charge on any atom is 0.157 e. The number of rotatable bonds is 2. The van der Waals surface area contributed by atoms with Crippen molar-refractivity contribution >= 4 is 23.1 Å². The number of nitrogen functional groups attached to an aromatic ring is 1. The van der Waals surface area contributed by atoms with Crippen LogP contribution in [0.15, 0.2) is 6.33 Å². The molecule has 1 aliphatic heterocycles. The van der Waals surface area contributed by atoms with Crippen molar-refractivity contribution in [3.8, 4) is 0 Å². The third-order valence-corrected chi connectivity index (χ3v) is 3.15. The molecule has 16 heavy (non-hydrogen) atoms. The largest absolute Gasteiger partial charge is 0.393 e. The molecule has 1 aromatic heterocycles. The van der Waals surface area contributed by atoms with Gasteiger partial charge in [0.25, 0.3) is 0 Å². The van der Waals surface area contributed by atoms with Crippen LogP contribution in [-0.2, 0) is 4.74 Å². The van der Waals surface area contributed by atoms with Crippen molar-refractivity contribution in [2.45, 2.75) is 25.3 Å². The molecule has 1 aromatic rings. The molecule has 0 bridgehead atoms. The fraction of sp³-hybridized carbons (Fsp3) is 0.600. The van der Waals surface area contributed by atoms with E-state index in [9.17, 15) is 0 Å². The Bertz CT molecular complexity index is 379. The summed E-state index contributed by atoms with van der Waals surface area (Å²) in [4.78, 5) is 7.93. The lowest BCUT2D eigenvalue weighted by Crippen LogP contribution is -2.41. The molecule has 0 spiro atoms. The second kappa shape index (κ2) is 4.43. The Hall–Kier alpha value is -1.07. The van der Waals surface area contributed by atoms with Gasteiger partial charge in [-0.15, -0.1) is 0 Å². The average molecular weight is 243 g/mol. The first-order chi connectivity index (χ1) is 7.61. The third kappa shape index (κ3) is 2.36. The number of hydrogen-bond acceptors (Lipinski definition) is 5. The predicted octanol–water partition coefficient (Wildman–Crippen LogP) is 1.69. The number of hydrogen-bond donors (Lipinski definition) is 2. The van der Waals surface area contributed by atoms with Crippen molar-refractivity contribution in [2.75, 3.05) is 24.3 Å². The van der Waals surface area contributed by atoms with Crippen LogP contribution in [0.25, 0.3) is 0 Å². The summed E-state index contributed by atoms with van der Waals surface area (Å²) in [6.07, 6.45) is 3.26. The zero-order valence-electron chi connectivity index (χ0n) is 9.16. The lowest BCUT2D eigenvalue weighted by atomic mass is 9.92. The summed E-state index contributed by atoms with van der Waals surface area (Å²) in [5.41, 5.74) is 6.17. The van der Waals surface area contributed by atoms with Gasteiger partial charge in [0.15, 0.2) is 11.0 Å². The Morgan fingerprint density at radius 3 is 2.81 bits per heavy atom. The summed E-state index contributed by atoms with van der Waals surface area (Å²) in [6, 6.07) is 0. The Morgan fingerprint density at radius 1 is 1.44 bits per heavy atom. The summed E-state index contributed by atoms with van der Waals surface area (Å²) in [5, 5.41) is 3.61. The van der Waals surface area contributed by atoms with Crippen molar-refractivity contribution in [2.24, 2.45) is 0 Å². The zero-order valence-corrected chi connectivity index (χ0v) is 9.92. The first-order valence-electron chi connectivity index (χ1n) is 5.23. The van der Waals surface area contributed by atoms with E-state index in [0.29, 0.717) is 11.5 Å². The molecule has 1 aliphatic rings. The molecule has 0 saturated carbocycles. The number of ether oxygens (including phenoxy) is 1. The van der Waals surface area contributed by atoms with Crippen LogP contribution in [0, 0.1) is 0 Å². The summed E-state index contributed by atoms with van der Waals surface area (Å²) >= 11 is 5.84. The van der Waals surface area contributed by atoms with E-state index in [4.69, 9.17) is 22.1 Å². The Balaban J connectivity index is 2.16. The van der Waals surface area contributed by atoms with Crippen LogP contribution in [0.3, 0.4) is 0 Å². The molecule has 6 heteroatoms. The smallest absolute Gasteiger partial charge is 0.157 e. The number of anilines is 2. The molecule has 0 aromatic carbocycles. The molecule has 5 nitrogen and oxygen atoms in total. The van der Waals surface area contributed by atoms with Crippen LogP contribution in [0.2, 0.25) is 5.15 Å². The quantitative estimate of drug-likeness (QED) is 0.773. The van der Waals surface area contributed by atoms with Crippen LogP contribution in [0.1, 0.15) is 19.8 Å². The van der Waals surface area contributed by atoms with Crippen LogP contribution in [0.4, 0.5) is 11.5 Å². The lowest BCUT2D eigenvalue weighted by molar-refractivity contribution is 0.0657. The Labute approximate surface area is 99.4 Å². The molecule has 0 unspecified atom stereocenters. The van der Waals surface area contributed by atoms with Gasteiger partial charge in [-0.25, -0.2) is 9.97 Å². The van der Waals surface area contributed by atoms with E-state index >= 15 is 0 Å². The van der Waals surface area contributed by atoms with Crippen molar-refractivity contribution in [3.05, 3.63) is 11.5 Å². The van der Waals surface area contributed by atoms with Gasteiger partial charge in [-0.1, -0.05) is 11.6 Å². The zero-order chi connectivity index (χ0) is 11.6. The number of nitrogens with two attached hydrogens (primary N) is 1. The standard InChI is InChI=1S/C10H15ClN4O/c1-10(2-4-16-5-3-10)15-9-7(12)8(11)13-6-14-9/h6H,2-5,12H2,1H3,(H,13,14,15). The molecule has 3 N–H and O–H groups in total. The van der Waals surface area contributed by atoms with Crippen LogP contribution in [-0.4, -0.2) is 28.7 Å². The topological polar surface area (TPSA) is 73.1 Å². The highest BCUT2D eigenvalue weighted by Crippen LogP contribution is 2.29. The van der Waals surface area contributed by atoms with E-state index < -0.39 is 0 Å². The van der Waals surface area contributed by atoms with Gasteiger partial charge in [0.2, 0.25) is 0 Å². The van der Waals surface area contributed by atoms with E-state index in [-0.39, 0.29) is 10.7 Å². The SMILES string of the molecule is CC1(Nc2ncnc(Cl)c2N)CCOCC1. The molecule has 1 saturated heterocycles. The molecular formula is C10H15ClN4O.